The summed E-state index contributed by atoms with van der Waals surface area (Å²) in [4.78, 5) is 36.9. The van der Waals surface area contributed by atoms with E-state index in [1.807, 2.05) is 29.2 Å². The molecule has 3 aliphatic heterocycles. The van der Waals surface area contributed by atoms with Gasteiger partial charge in [-0.15, -0.1) is 0 Å². The predicted octanol–water partition coefficient (Wildman–Crippen LogP) is 3.69. The molecule has 32 heavy (non-hydrogen) atoms. The summed E-state index contributed by atoms with van der Waals surface area (Å²) >= 11 is 0. The van der Waals surface area contributed by atoms with Crippen molar-refractivity contribution in [1.82, 2.24) is 14.8 Å². The number of hydrogen-bond donors (Lipinski definition) is 0. The Balaban J connectivity index is 1.11. The van der Waals surface area contributed by atoms with Gasteiger partial charge in [-0.05, 0) is 50.7 Å². The molecular formula is C25H34N4O3. The highest BCUT2D eigenvalue weighted by atomic mass is 16.4. The molecule has 7 nitrogen and oxygen atoms in total. The third kappa shape index (κ3) is 4.48. The number of para-hydroxylation sites is 2. The number of piperidine rings is 2. The first-order valence-corrected chi connectivity index (χ1v) is 12.4. The fourth-order valence-electron chi connectivity index (χ4n) is 5.47. The minimum atomic E-state index is 0.0634. The van der Waals surface area contributed by atoms with Gasteiger partial charge in [0.1, 0.15) is 5.52 Å². The highest BCUT2D eigenvalue weighted by Crippen LogP contribution is 2.29. The van der Waals surface area contributed by atoms with Crippen LogP contribution < -0.4 is 4.90 Å². The standard InChI is InChI=1S/C25H34N4O3/c30-23(27-13-5-1-2-6-14-27)19-9-15-28(16-10-19)24(31)20-11-17-29(18-12-20)25-26-21-7-3-4-8-22(21)32-25/h3-4,7-8,19-20H,1-2,5-6,9-18H2. The molecule has 0 N–H and O–H groups in total. The van der Waals surface area contributed by atoms with Crippen LogP contribution in [0, 0.1) is 11.8 Å². The summed E-state index contributed by atoms with van der Waals surface area (Å²) in [6.07, 6.45) is 8.00. The lowest BCUT2D eigenvalue weighted by Crippen LogP contribution is -2.48. The molecule has 5 rings (SSSR count). The highest BCUT2D eigenvalue weighted by Gasteiger charge is 2.34. The Morgan fingerprint density at radius 3 is 1.94 bits per heavy atom. The normalized spacial score (nSPS) is 21.7. The van der Waals surface area contributed by atoms with Gasteiger partial charge in [-0.1, -0.05) is 25.0 Å². The monoisotopic (exact) mass is 438 g/mol. The number of anilines is 1. The lowest BCUT2D eigenvalue weighted by Gasteiger charge is -2.37. The number of carbonyl (C=O) groups excluding carboxylic acids is 2. The molecular weight excluding hydrogens is 404 g/mol. The van der Waals surface area contributed by atoms with Crippen LogP contribution in [0.3, 0.4) is 0 Å². The van der Waals surface area contributed by atoms with Crippen LogP contribution in [-0.4, -0.2) is 65.9 Å². The second-order valence-electron chi connectivity index (χ2n) is 9.56. The van der Waals surface area contributed by atoms with Crippen molar-refractivity contribution in [3.8, 4) is 0 Å². The topological polar surface area (TPSA) is 69.9 Å². The Kier molecular flexibility index (Phi) is 6.32. The maximum absolute atomic E-state index is 13.1. The molecule has 3 fully saturated rings. The molecule has 7 heteroatoms. The van der Waals surface area contributed by atoms with E-state index in [1.165, 1.54) is 12.8 Å². The molecule has 0 bridgehead atoms. The zero-order chi connectivity index (χ0) is 21.9. The number of benzene rings is 1. The van der Waals surface area contributed by atoms with Crippen molar-refractivity contribution >= 4 is 28.9 Å². The summed E-state index contributed by atoms with van der Waals surface area (Å²) in [7, 11) is 0. The van der Waals surface area contributed by atoms with E-state index < -0.39 is 0 Å². The van der Waals surface area contributed by atoms with Gasteiger partial charge >= 0.3 is 0 Å². The zero-order valence-electron chi connectivity index (χ0n) is 18.9. The summed E-state index contributed by atoms with van der Waals surface area (Å²) in [6.45, 7) is 4.83. The van der Waals surface area contributed by atoms with E-state index >= 15 is 0 Å². The molecule has 3 aliphatic rings. The number of rotatable bonds is 3. The molecule has 0 aliphatic carbocycles. The first-order chi connectivity index (χ1) is 15.7. The minimum absolute atomic E-state index is 0.0634. The van der Waals surface area contributed by atoms with Gasteiger partial charge in [0.2, 0.25) is 11.8 Å². The fraction of sp³-hybridized carbons (Fsp3) is 0.640. The first-order valence-electron chi connectivity index (χ1n) is 12.4. The molecule has 4 heterocycles. The number of fused-ring (bicyclic) bond motifs is 1. The molecule has 3 saturated heterocycles. The van der Waals surface area contributed by atoms with Gasteiger partial charge in [-0.25, -0.2) is 0 Å². The van der Waals surface area contributed by atoms with Crippen molar-refractivity contribution in [3.05, 3.63) is 24.3 Å². The van der Waals surface area contributed by atoms with Gasteiger partial charge in [0.05, 0.1) is 0 Å². The zero-order valence-corrected chi connectivity index (χ0v) is 18.9. The summed E-state index contributed by atoms with van der Waals surface area (Å²) in [5.74, 6) is 0.750. The summed E-state index contributed by atoms with van der Waals surface area (Å²) in [5.41, 5.74) is 1.68. The Hall–Kier alpha value is -2.57. The van der Waals surface area contributed by atoms with E-state index in [9.17, 15) is 9.59 Å². The number of likely N-dealkylation sites (tertiary alicyclic amines) is 2. The van der Waals surface area contributed by atoms with Crippen LogP contribution >= 0.6 is 0 Å². The predicted molar refractivity (Wildman–Crippen MR) is 123 cm³/mol. The number of aromatic nitrogens is 1. The average Bonchev–Trinajstić information content (AvgIpc) is 3.10. The van der Waals surface area contributed by atoms with E-state index in [-0.39, 0.29) is 17.7 Å². The molecule has 0 saturated carbocycles. The quantitative estimate of drug-likeness (QED) is 0.731. The Labute approximate surface area is 189 Å². The van der Waals surface area contributed by atoms with Crippen molar-refractivity contribution < 1.29 is 14.0 Å². The maximum atomic E-state index is 13.1. The Morgan fingerprint density at radius 1 is 0.750 bits per heavy atom. The molecule has 0 atom stereocenters. The third-order valence-corrected chi connectivity index (χ3v) is 7.47. The number of nitrogens with zero attached hydrogens (tertiary/aromatic N) is 4. The van der Waals surface area contributed by atoms with E-state index in [4.69, 9.17) is 4.42 Å². The van der Waals surface area contributed by atoms with Crippen molar-refractivity contribution in [2.45, 2.75) is 51.4 Å². The van der Waals surface area contributed by atoms with Crippen LogP contribution in [0.1, 0.15) is 51.4 Å². The lowest BCUT2D eigenvalue weighted by molar-refractivity contribution is -0.143. The minimum Gasteiger partial charge on any atom is -0.423 e. The Bertz CT molecular complexity index is 901. The Morgan fingerprint density at radius 2 is 1.31 bits per heavy atom. The van der Waals surface area contributed by atoms with Crippen LogP contribution in [-0.2, 0) is 9.59 Å². The SMILES string of the molecule is O=C(C1CCN(C(=O)C2CCN(c3nc4ccccc4o3)CC2)CC1)N1CCCCCC1. The van der Waals surface area contributed by atoms with Crippen LogP contribution in [0.5, 0.6) is 0 Å². The smallest absolute Gasteiger partial charge is 0.298 e. The number of amides is 2. The molecule has 1 aromatic heterocycles. The average molecular weight is 439 g/mol. The van der Waals surface area contributed by atoms with Gasteiger partial charge in [0, 0.05) is 51.1 Å². The molecule has 2 aromatic rings. The second-order valence-corrected chi connectivity index (χ2v) is 9.56. The van der Waals surface area contributed by atoms with E-state index in [1.54, 1.807) is 0 Å². The van der Waals surface area contributed by atoms with Gasteiger partial charge in [0.15, 0.2) is 5.58 Å². The maximum Gasteiger partial charge on any atom is 0.298 e. The summed E-state index contributed by atoms with van der Waals surface area (Å²) in [5, 5.41) is 0. The molecule has 0 spiro atoms. The van der Waals surface area contributed by atoms with Crippen LogP contribution in [0.2, 0.25) is 0 Å². The van der Waals surface area contributed by atoms with Gasteiger partial charge < -0.3 is 19.1 Å². The second kappa shape index (κ2) is 9.51. The largest absolute Gasteiger partial charge is 0.423 e. The van der Waals surface area contributed by atoms with Gasteiger partial charge in [0.25, 0.3) is 6.01 Å². The van der Waals surface area contributed by atoms with Crippen molar-refractivity contribution in [3.63, 3.8) is 0 Å². The molecule has 0 unspecified atom stereocenters. The van der Waals surface area contributed by atoms with Gasteiger partial charge in [-0.2, -0.15) is 4.98 Å². The first kappa shape index (κ1) is 21.3. The van der Waals surface area contributed by atoms with Crippen molar-refractivity contribution in [1.29, 1.82) is 0 Å². The molecule has 2 amide bonds. The molecule has 172 valence electrons. The highest BCUT2D eigenvalue weighted by molar-refractivity contribution is 5.81. The van der Waals surface area contributed by atoms with Crippen LogP contribution in [0.15, 0.2) is 28.7 Å². The van der Waals surface area contributed by atoms with Crippen molar-refractivity contribution in [2.75, 3.05) is 44.2 Å². The number of oxazole rings is 1. The lowest BCUT2D eigenvalue weighted by atomic mass is 9.91. The van der Waals surface area contributed by atoms with E-state index in [0.717, 1.165) is 75.8 Å². The van der Waals surface area contributed by atoms with Crippen LogP contribution in [0.4, 0.5) is 6.01 Å². The fourth-order valence-corrected chi connectivity index (χ4v) is 5.47. The van der Waals surface area contributed by atoms with Gasteiger partial charge in [-0.3, -0.25) is 9.59 Å². The third-order valence-electron chi connectivity index (χ3n) is 7.47. The number of carbonyl (C=O) groups is 2. The van der Waals surface area contributed by atoms with E-state index in [0.29, 0.717) is 25.0 Å². The van der Waals surface area contributed by atoms with Crippen molar-refractivity contribution in [2.24, 2.45) is 11.8 Å². The summed E-state index contributed by atoms with van der Waals surface area (Å²) < 4.78 is 5.90. The number of hydrogen-bond acceptors (Lipinski definition) is 5. The molecule has 0 radical (unpaired) electrons. The van der Waals surface area contributed by atoms with E-state index in [2.05, 4.69) is 14.8 Å². The summed E-state index contributed by atoms with van der Waals surface area (Å²) in [6, 6.07) is 8.46. The van der Waals surface area contributed by atoms with Crippen LogP contribution in [0.25, 0.3) is 11.1 Å². The molecule has 1 aromatic carbocycles.